The summed E-state index contributed by atoms with van der Waals surface area (Å²) >= 11 is 0. The molecule has 0 heterocycles. The van der Waals surface area contributed by atoms with Crippen LogP contribution in [0.2, 0.25) is 0 Å². The largest absolute Gasteiger partial charge is 0.0827 e. The molecule has 1 aliphatic rings. The molecule has 0 unspecified atom stereocenters. The van der Waals surface area contributed by atoms with Crippen LogP contribution in [-0.2, 0) is 0 Å². The minimum Gasteiger partial charge on any atom is -0.0827 e. The highest BCUT2D eigenvalue weighted by Crippen LogP contribution is 2.38. The molecule has 0 aliphatic heterocycles. The third-order valence-electron chi connectivity index (χ3n) is 2.63. The first-order valence-electron chi connectivity index (χ1n) is 5.19. The highest BCUT2D eigenvalue weighted by atomic mass is 14.3. The predicted molar refractivity (Wildman–Crippen MR) is 55.2 cm³/mol. The van der Waals surface area contributed by atoms with Crippen molar-refractivity contribution in [1.29, 1.82) is 0 Å². The molecule has 0 heteroatoms. The van der Waals surface area contributed by atoms with E-state index in [4.69, 9.17) is 0 Å². The van der Waals surface area contributed by atoms with Gasteiger partial charge in [-0.1, -0.05) is 39.3 Å². The van der Waals surface area contributed by atoms with Crippen LogP contribution in [-0.4, -0.2) is 0 Å². The molecule has 0 saturated heterocycles. The highest BCUT2D eigenvalue weighted by molar-refractivity contribution is 5.08. The van der Waals surface area contributed by atoms with Crippen LogP contribution < -0.4 is 0 Å². The van der Waals surface area contributed by atoms with Crippen LogP contribution in [0, 0.1) is 11.3 Å². The van der Waals surface area contributed by atoms with Crippen molar-refractivity contribution < 1.29 is 0 Å². The van der Waals surface area contributed by atoms with Crippen LogP contribution in [0.3, 0.4) is 0 Å². The van der Waals surface area contributed by atoms with E-state index in [-0.39, 0.29) is 0 Å². The van der Waals surface area contributed by atoms with Crippen molar-refractivity contribution in [3.63, 3.8) is 0 Å². The zero-order valence-electron chi connectivity index (χ0n) is 8.98. The summed E-state index contributed by atoms with van der Waals surface area (Å²) in [6.45, 7) is 9.32. The van der Waals surface area contributed by atoms with E-state index in [1.54, 1.807) is 5.57 Å². The molecule has 0 nitrogen and oxygen atoms in total. The van der Waals surface area contributed by atoms with Gasteiger partial charge in [0.25, 0.3) is 0 Å². The van der Waals surface area contributed by atoms with E-state index in [9.17, 15) is 0 Å². The van der Waals surface area contributed by atoms with Gasteiger partial charge in [0, 0.05) is 0 Å². The second kappa shape index (κ2) is 3.64. The predicted octanol–water partition coefficient (Wildman–Crippen LogP) is 4.17. The van der Waals surface area contributed by atoms with Gasteiger partial charge in [-0.25, -0.2) is 0 Å². The molecule has 1 saturated carbocycles. The number of rotatable bonds is 1. The standard InChI is InChI=1S/C12H22/c1-10(2)8-11-6-5-7-12(3,4)9-11/h8,10H,5-7,9H2,1-4H3/b11-8-. The van der Waals surface area contributed by atoms with Crippen molar-refractivity contribution in [3.05, 3.63) is 11.6 Å². The highest BCUT2D eigenvalue weighted by Gasteiger charge is 2.23. The Kier molecular flexibility index (Phi) is 2.98. The summed E-state index contributed by atoms with van der Waals surface area (Å²) in [6, 6.07) is 0. The molecule has 0 atom stereocenters. The average molecular weight is 166 g/mol. The Balaban J connectivity index is 2.58. The van der Waals surface area contributed by atoms with E-state index in [1.807, 2.05) is 0 Å². The van der Waals surface area contributed by atoms with Gasteiger partial charge in [-0.3, -0.25) is 0 Å². The quantitative estimate of drug-likeness (QED) is 0.513. The van der Waals surface area contributed by atoms with Crippen LogP contribution in [0.25, 0.3) is 0 Å². The topological polar surface area (TPSA) is 0 Å². The summed E-state index contributed by atoms with van der Waals surface area (Å²) in [5.41, 5.74) is 2.26. The maximum absolute atomic E-state index is 2.46. The van der Waals surface area contributed by atoms with Gasteiger partial charge >= 0.3 is 0 Å². The number of hydrogen-bond donors (Lipinski definition) is 0. The third-order valence-corrected chi connectivity index (χ3v) is 2.63. The van der Waals surface area contributed by atoms with Gasteiger partial charge in [0.15, 0.2) is 0 Å². The van der Waals surface area contributed by atoms with E-state index in [0.29, 0.717) is 5.41 Å². The number of hydrogen-bond acceptors (Lipinski definition) is 0. The molecular formula is C12H22. The molecule has 0 aromatic heterocycles. The van der Waals surface area contributed by atoms with Crippen molar-refractivity contribution >= 4 is 0 Å². The lowest BCUT2D eigenvalue weighted by Crippen LogP contribution is -2.17. The Morgan fingerprint density at radius 1 is 1.33 bits per heavy atom. The van der Waals surface area contributed by atoms with Gasteiger partial charge in [0.1, 0.15) is 0 Å². The molecule has 0 spiro atoms. The summed E-state index contributed by atoms with van der Waals surface area (Å²) < 4.78 is 0. The zero-order valence-corrected chi connectivity index (χ0v) is 8.98. The molecular weight excluding hydrogens is 144 g/mol. The Morgan fingerprint density at radius 2 is 2.00 bits per heavy atom. The summed E-state index contributed by atoms with van der Waals surface area (Å²) in [7, 11) is 0. The zero-order chi connectivity index (χ0) is 9.19. The van der Waals surface area contributed by atoms with Crippen LogP contribution in [0.4, 0.5) is 0 Å². The van der Waals surface area contributed by atoms with Gasteiger partial charge in [-0.2, -0.15) is 0 Å². The summed E-state index contributed by atoms with van der Waals surface area (Å²) in [6.07, 6.45) is 7.93. The molecule has 0 N–H and O–H groups in total. The van der Waals surface area contributed by atoms with E-state index in [0.717, 1.165) is 5.92 Å². The summed E-state index contributed by atoms with van der Waals surface area (Å²) in [5.74, 6) is 0.730. The molecule has 0 radical (unpaired) electrons. The average Bonchev–Trinajstić information content (AvgIpc) is 1.82. The second-order valence-corrected chi connectivity index (χ2v) is 5.26. The van der Waals surface area contributed by atoms with Gasteiger partial charge < -0.3 is 0 Å². The van der Waals surface area contributed by atoms with Gasteiger partial charge in [-0.05, 0) is 37.0 Å². The van der Waals surface area contributed by atoms with Crippen LogP contribution in [0.5, 0.6) is 0 Å². The van der Waals surface area contributed by atoms with Crippen LogP contribution in [0.1, 0.15) is 53.4 Å². The van der Waals surface area contributed by atoms with Crippen molar-refractivity contribution in [2.24, 2.45) is 11.3 Å². The molecule has 0 bridgehead atoms. The summed E-state index contributed by atoms with van der Waals surface area (Å²) in [4.78, 5) is 0. The van der Waals surface area contributed by atoms with E-state index in [1.165, 1.54) is 25.7 Å². The fourth-order valence-electron chi connectivity index (χ4n) is 2.20. The monoisotopic (exact) mass is 166 g/mol. The maximum atomic E-state index is 2.46. The minimum atomic E-state index is 0.568. The Hall–Kier alpha value is -0.260. The van der Waals surface area contributed by atoms with E-state index in [2.05, 4.69) is 33.8 Å². The minimum absolute atomic E-state index is 0.568. The Bertz CT molecular complexity index is 172. The molecule has 0 aromatic carbocycles. The smallest absolute Gasteiger partial charge is 0.0269 e. The second-order valence-electron chi connectivity index (χ2n) is 5.26. The first-order valence-corrected chi connectivity index (χ1v) is 5.19. The lowest BCUT2D eigenvalue weighted by atomic mass is 9.74. The fourth-order valence-corrected chi connectivity index (χ4v) is 2.20. The van der Waals surface area contributed by atoms with Gasteiger partial charge in [0.05, 0.1) is 0 Å². The van der Waals surface area contributed by atoms with E-state index >= 15 is 0 Å². The number of allylic oxidation sites excluding steroid dienone is 2. The molecule has 12 heavy (non-hydrogen) atoms. The van der Waals surface area contributed by atoms with Gasteiger partial charge in [-0.15, -0.1) is 0 Å². The fraction of sp³-hybridized carbons (Fsp3) is 0.833. The van der Waals surface area contributed by atoms with Gasteiger partial charge in [0.2, 0.25) is 0 Å². The first-order chi connectivity index (χ1) is 5.49. The Morgan fingerprint density at radius 3 is 2.50 bits per heavy atom. The molecule has 1 aliphatic carbocycles. The van der Waals surface area contributed by atoms with E-state index < -0.39 is 0 Å². The normalized spacial score (nSPS) is 26.6. The maximum Gasteiger partial charge on any atom is -0.0269 e. The molecule has 0 amide bonds. The molecule has 1 rings (SSSR count). The molecule has 70 valence electrons. The Labute approximate surface area is 77.1 Å². The molecule has 1 fully saturated rings. The lowest BCUT2D eigenvalue weighted by molar-refractivity contribution is 0.288. The third kappa shape index (κ3) is 3.00. The van der Waals surface area contributed by atoms with Crippen molar-refractivity contribution in [1.82, 2.24) is 0 Å². The molecule has 0 aromatic rings. The van der Waals surface area contributed by atoms with Crippen molar-refractivity contribution in [2.75, 3.05) is 0 Å². The van der Waals surface area contributed by atoms with Crippen molar-refractivity contribution in [3.8, 4) is 0 Å². The SMILES string of the molecule is CC(C)/C=C1/CCCC(C)(C)C1. The summed E-state index contributed by atoms with van der Waals surface area (Å²) in [5, 5.41) is 0. The van der Waals surface area contributed by atoms with Crippen molar-refractivity contribution in [2.45, 2.75) is 53.4 Å². The van der Waals surface area contributed by atoms with Crippen LogP contribution in [0.15, 0.2) is 11.6 Å². The lowest BCUT2D eigenvalue weighted by Gasteiger charge is -2.31. The first kappa shape index (κ1) is 9.83. The van der Waals surface area contributed by atoms with Crippen LogP contribution >= 0.6 is 0 Å².